The minimum Gasteiger partial charge on any atom is -0.359 e. The third-order valence-corrected chi connectivity index (χ3v) is 3.93. The van der Waals surface area contributed by atoms with Crippen LogP contribution in [0.15, 0.2) is 41.8 Å². The van der Waals surface area contributed by atoms with Crippen molar-refractivity contribution in [2.75, 3.05) is 6.54 Å². The van der Waals surface area contributed by atoms with Crippen LogP contribution >= 0.6 is 23.6 Å². The Labute approximate surface area is 135 Å². The van der Waals surface area contributed by atoms with Crippen LogP contribution in [0.25, 0.3) is 11.3 Å². The van der Waals surface area contributed by atoms with Crippen molar-refractivity contribution in [2.45, 2.75) is 20.4 Å². The van der Waals surface area contributed by atoms with E-state index >= 15 is 0 Å². The highest BCUT2D eigenvalue weighted by molar-refractivity contribution is 7.80. The number of thiazole rings is 1. The van der Waals surface area contributed by atoms with Gasteiger partial charge in [-0.3, -0.25) is 0 Å². The number of thiocarbonyl (C=S) groups is 1. The van der Waals surface area contributed by atoms with Gasteiger partial charge in [0.05, 0.1) is 10.7 Å². The number of rotatable bonds is 5. The molecule has 0 unspecified atom stereocenters. The molecule has 0 saturated heterocycles. The minimum atomic E-state index is 0.650. The van der Waals surface area contributed by atoms with E-state index in [1.54, 1.807) is 11.3 Å². The van der Waals surface area contributed by atoms with Gasteiger partial charge < -0.3 is 10.6 Å². The second-order valence-electron chi connectivity index (χ2n) is 4.94. The first-order valence-electron chi connectivity index (χ1n) is 6.72. The molecule has 0 aliphatic carbocycles. The Bertz CT molecular complexity index is 629. The Hall–Kier alpha value is -1.72. The van der Waals surface area contributed by atoms with E-state index in [-0.39, 0.29) is 0 Å². The summed E-state index contributed by atoms with van der Waals surface area (Å²) in [5.74, 6) is 0. The lowest BCUT2D eigenvalue weighted by molar-refractivity contribution is 0.862. The van der Waals surface area contributed by atoms with Crippen molar-refractivity contribution in [3.8, 4) is 11.3 Å². The topological polar surface area (TPSA) is 37.0 Å². The summed E-state index contributed by atoms with van der Waals surface area (Å²) < 4.78 is 0. The first kappa shape index (κ1) is 15.7. The Morgan fingerprint density at radius 1 is 1.29 bits per heavy atom. The zero-order chi connectivity index (χ0) is 15.2. The van der Waals surface area contributed by atoms with Crippen LogP contribution in [0, 0.1) is 6.92 Å². The molecule has 2 rings (SSSR count). The summed E-state index contributed by atoms with van der Waals surface area (Å²) in [6.45, 7) is 9.23. The fraction of sp³-hybridized carbons (Fsp3) is 0.250. The minimum absolute atomic E-state index is 0.650. The largest absolute Gasteiger partial charge is 0.359 e. The maximum atomic E-state index is 5.20. The quantitative estimate of drug-likeness (QED) is 0.652. The smallest absolute Gasteiger partial charge is 0.166 e. The van der Waals surface area contributed by atoms with Crippen LogP contribution < -0.4 is 10.6 Å². The molecule has 1 heterocycles. The molecule has 0 saturated carbocycles. The first-order chi connectivity index (χ1) is 10.0. The maximum Gasteiger partial charge on any atom is 0.166 e. The maximum absolute atomic E-state index is 5.20. The number of benzene rings is 1. The van der Waals surface area contributed by atoms with Crippen LogP contribution in [-0.2, 0) is 6.54 Å². The number of nitrogens with one attached hydrogen (secondary N) is 2. The van der Waals surface area contributed by atoms with Crippen molar-refractivity contribution < 1.29 is 0 Å². The van der Waals surface area contributed by atoms with Gasteiger partial charge in [0.1, 0.15) is 0 Å². The van der Waals surface area contributed by atoms with Crippen molar-refractivity contribution in [1.29, 1.82) is 0 Å². The molecule has 0 fully saturated rings. The Morgan fingerprint density at radius 3 is 2.57 bits per heavy atom. The average molecular weight is 317 g/mol. The number of aromatic nitrogens is 1. The summed E-state index contributed by atoms with van der Waals surface area (Å²) in [4.78, 5) is 4.49. The van der Waals surface area contributed by atoms with Gasteiger partial charge in [0.15, 0.2) is 5.11 Å². The zero-order valence-electron chi connectivity index (χ0n) is 12.3. The fourth-order valence-electron chi connectivity index (χ4n) is 1.77. The van der Waals surface area contributed by atoms with Crippen molar-refractivity contribution in [2.24, 2.45) is 0 Å². The molecule has 0 amide bonds. The van der Waals surface area contributed by atoms with Gasteiger partial charge in [-0.05, 0) is 31.6 Å². The van der Waals surface area contributed by atoms with Crippen LogP contribution in [0.5, 0.6) is 0 Å². The molecule has 21 heavy (non-hydrogen) atoms. The lowest BCUT2D eigenvalue weighted by atomic mass is 10.1. The molecular weight excluding hydrogens is 298 g/mol. The summed E-state index contributed by atoms with van der Waals surface area (Å²) in [5.41, 5.74) is 4.42. The van der Waals surface area contributed by atoms with Gasteiger partial charge in [-0.25, -0.2) is 4.98 Å². The predicted octanol–water partition coefficient (Wildman–Crippen LogP) is 3.66. The summed E-state index contributed by atoms with van der Waals surface area (Å²) in [6.07, 6.45) is 0. The molecule has 0 atom stereocenters. The highest BCUT2D eigenvalue weighted by Crippen LogP contribution is 2.21. The molecular formula is C16H19N3S2. The van der Waals surface area contributed by atoms with E-state index in [9.17, 15) is 0 Å². The lowest BCUT2D eigenvalue weighted by Gasteiger charge is -2.10. The van der Waals surface area contributed by atoms with E-state index in [2.05, 4.69) is 51.8 Å². The van der Waals surface area contributed by atoms with Gasteiger partial charge in [-0.2, -0.15) is 0 Å². The van der Waals surface area contributed by atoms with Crippen molar-refractivity contribution in [3.05, 3.63) is 52.4 Å². The Balaban J connectivity index is 1.88. The Kier molecular flexibility index (Phi) is 5.47. The highest BCUT2D eigenvalue weighted by Gasteiger charge is 2.02. The molecule has 1 aromatic heterocycles. The second-order valence-corrected chi connectivity index (χ2v) is 6.41. The third kappa shape index (κ3) is 4.95. The molecule has 0 aliphatic rings. The third-order valence-electron chi connectivity index (χ3n) is 2.87. The Morgan fingerprint density at radius 2 is 2.00 bits per heavy atom. The number of hydrogen-bond donors (Lipinski definition) is 2. The molecule has 0 bridgehead atoms. The molecule has 0 spiro atoms. The van der Waals surface area contributed by atoms with Gasteiger partial charge in [-0.15, -0.1) is 11.3 Å². The van der Waals surface area contributed by atoms with E-state index in [0.717, 1.165) is 21.8 Å². The van der Waals surface area contributed by atoms with Crippen LogP contribution in [0.2, 0.25) is 0 Å². The molecule has 1 aromatic carbocycles. The highest BCUT2D eigenvalue weighted by atomic mass is 32.1. The van der Waals surface area contributed by atoms with E-state index in [4.69, 9.17) is 12.2 Å². The van der Waals surface area contributed by atoms with Crippen LogP contribution in [-0.4, -0.2) is 16.6 Å². The number of hydrogen-bond acceptors (Lipinski definition) is 3. The SMILES string of the molecule is C=C(C)CNC(=S)NCc1ccc(-c2csc(C)n2)cc1. The normalized spacial score (nSPS) is 10.2. The number of aryl methyl sites for hydroxylation is 1. The summed E-state index contributed by atoms with van der Waals surface area (Å²) >= 11 is 6.87. The lowest BCUT2D eigenvalue weighted by Crippen LogP contribution is -2.35. The van der Waals surface area contributed by atoms with Crippen molar-refractivity contribution >= 4 is 28.7 Å². The van der Waals surface area contributed by atoms with Crippen LogP contribution in [0.4, 0.5) is 0 Å². The molecule has 2 N–H and O–H groups in total. The summed E-state index contributed by atoms with van der Waals surface area (Å²) in [5, 5.41) is 10.1. The van der Waals surface area contributed by atoms with Crippen molar-refractivity contribution in [1.82, 2.24) is 15.6 Å². The van der Waals surface area contributed by atoms with Gasteiger partial charge in [0.2, 0.25) is 0 Å². The van der Waals surface area contributed by atoms with Gasteiger partial charge >= 0.3 is 0 Å². The molecule has 5 heteroatoms. The monoisotopic (exact) mass is 317 g/mol. The van der Waals surface area contributed by atoms with Crippen LogP contribution in [0.1, 0.15) is 17.5 Å². The molecule has 0 aliphatic heterocycles. The molecule has 0 radical (unpaired) electrons. The zero-order valence-corrected chi connectivity index (χ0v) is 13.9. The van der Waals surface area contributed by atoms with E-state index in [1.165, 1.54) is 5.56 Å². The average Bonchev–Trinajstić information content (AvgIpc) is 2.90. The molecule has 110 valence electrons. The van der Waals surface area contributed by atoms with E-state index in [0.29, 0.717) is 18.2 Å². The van der Waals surface area contributed by atoms with E-state index < -0.39 is 0 Å². The number of nitrogens with zero attached hydrogens (tertiary/aromatic N) is 1. The van der Waals surface area contributed by atoms with Gasteiger partial charge in [-0.1, -0.05) is 36.4 Å². The fourth-order valence-corrected chi connectivity index (χ4v) is 2.53. The van der Waals surface area contributed by atoms with Gasteiger partial charge in [0.25, 0.3) is 0 Å². The predicted molar refractivity (Wildman–Crippen MR) is 94.5 cm³/mol. The van der Waals surface area contributed by atoms with Crippen molar-refractivity contribution in [3.63, 3.8) is 0 Å². The van der Waals surface area contributed by atoms with Crippen LogP contribution in [0.3, 0.4) is 0 Å². The van der Waals surface area contributed by atoms with E-state index in [1.807, 2.05) is 13.8 Å². The molecule has 2 aromatic rings. The molecule has 3 nitrogen and oxygen atoms in total. The first-order valence-corrected chi connectivity index (χ1v) is 8.01. The second kappa shape index (κ2) is 7.33. The summed E-state index contributed by atoms with van der Waals surface area (Å²) in [7, 11) is 0. The van der Waals surface area contributed by atoms with Gasteiger partial charge in [0, 0.05) is 24.0 Å². The summed E-state index contributed by atoms with van der Waals surface area (Å²) in [6, 6.07) is 8.38. The standard InChI is InChI=1S/C16H19N3S2/c1-11(2)8-17-16(20)18-9-13-4-6-14(7-5-13)15-10-21-12(3)19-15/h4-7,10H,1,8-9H2,2-3H3,(H2,17,18,20).